The molecule has 0 bridgehead atoms. The number of benzene rings is 1. The van der Waals surface area contributed by atoms with Gasteiger partial charge in [-0.05, 0) is 32.0 Å². The molecule has 0 fully saturated rings. The smallest absolute Gasteiger partial charge is 0.172 e. The largest absolute Gasteiger partial charge is 0.296 e. The summed E-state index contributed by atoms with van der Waals surface area (Å²) in [6.07, 6.45) is 0.544. The van der Waals surface area contributed by atoms with Gasteiger partial charge in [0.05, 0.1) is 5.69 Å². The summed E-state index contributed by atoms with van der Waals surface area (Å²) in [4.78, 5) is 10.9. The van der Waals surface area contributed by atoms with Gasteiger partial charge in [0.2, 0.25) is 0 Å². The van der Waals surface area contributed by atoms with Crippen molar-refractivity contribution in [2.24, 2.45) is 0 Å². The molecule has 0 aliphatic rings. The molecule has 6 heteroatoms. The van der Waals surface area contributed by atoms with Gasteiger partial charge >= 0.3 is 0 Å². The lowest BCUT2D eigenvalue weighted by Gasteiger charge is -2.10. The normalized spacial score (nSPS) is 10.9. The predicted molar refractivity (Wildman–Crippen MR) is 61.1 cm³/mol. The van der Waals surface area contributed by atoms with Crippen molar-refractivity contribution in [3.05, 3.63) is 35.5 Å². The molecule has 0 saturated heterocycles. The average Bonchev–Trinajstić information content (AvgIpc) is 2.76. The minimum atomic E-state index is -0.971. The van der Waals surface area contributed by atoms with Crippen molar-refractivity contribution >= 4 is 6.29 Å². The monoisotopic (exact) mass is 251 g/mol. The Kier molecular flexibility index (Phi) is 3.18. The first-order valence-corrected chi connectivity index (χ1v) is 5.40. The van der Waals surface area contributed by atoms with Gasteiger partial charge in [-0.15, -0.1) is 5.10 Å². The van der Waals surface area contributed by atoms with Crippen LogP contribution in [0.25, 0.3) is 11.3 Å². The molecule has 0 amide bonds. The lowest BCUT2D eigenvalue weighted by atomic mass is 10.1. The van der Waals surface area contributed by atoms with E-state index >= 15 is 0 Å². The molecule has 1 aromatic carbocycles. The standard InChI is InChI=1S/C12H11F2N3O/c1-7(2)17-12(11(6-18)15-16-17)8-3-4-9(13)10(14)5-8/h3-7H,1-2H3. The van der Waals surface area contributed by atoms with Crippen LogP contribution in [-0.2, 0) is 0 Å². The van der Waals surface area contributed by atoms with E-state index in [4.69, 9.17) is 0 Å². The van der Waals surface area contributed by atoms with Crippen LogP contribution in [0.5, 0.6) is 0 Å². The highest BCUT2D eigenvalue weighted by Crippen LogP contribution is 2.25. The van der Waals surface area contributed by atoms with E-state index in [1.54, 1.807) is 0 Å². The first-order chi connectivity index (χ1) is 8.54. The predicted octanol–water partition coefficient (Wildman–Crippen LogP) is 2.62. The van der Waals surface area contributed by atoms with E-state index in [0.29, 0.717) is 17.5 Å². The van der Waals surface area contributed by atoms with Crippen molar-refractivity contribution in [3.8, 4) is 11.3 Å². The number of aldehydes is 1. The van der Waals surface area contributed by atoms with Crippen LogP contribution in [0.2, 0.25) is 0 Å². The van der Waals surface area contributed by atoms with Crippen LogP contribution in [0, 0.1) is 11.6 Å². The minimum absolute atomic E-state index is 0.0469. The third-order valence-corrected chi connectivity index (χ3v) is 2.51. The zero-order valence-electron chi connectivity index (χ0n) is 9.89. The molecule has 0 spiro atoms. The van der Waals surface area contributed by atoms with Crippen LogP contribution >= 0.6 is 0 Å². The number of hydrogen-bond acceptors (Lipinski definition) is 3. The van der Waals surface area contributed by atoms with Gasteiger partial charge < -0.3 is 0 Å². The summed E-state index contributed by atoms with van der Waals surface area (Å²) in [6, 6.07) is 3.38. The molecule has 2 rings (SSSR count). The maximum absolute atomic E-state index is 13.2. The number of nitrogens with zero attached hydrogens (tertiary/aromatic N) is 3. The highest BCUT2D eigenvalue weighted by Gasteiger charge is 2.17. The van der Waals surface area contributed by atoms with E-state index in [9.17, 15) is 13.6 Å². The van der Waals surface area contributed by atoms with E-state index in [1.807, 2.05) is 13.8 Å². The van der Waals surface area contributed by atoms with Gasteiger partial charge in [0, 0.05) is 11.6 Å². The summed E-state index contributed by atoms with van der Waals surface area (Å²) in [5, 5.41) is 7.55. The van der Waals surface area contributed by atoms with Crippen LogP contribution in [-0.4, -0.2) is 21.3 Å². The first kappa shape index (κ1) is 12.3. The van der Waals surface area contributed by atoms with Crippen LogP contribution < -0.4 is 0 Å². The van der Waals surface area contributed by atoms with Crippen LogP contribution in [0.3, 0.4) is 0 Å². The van der Waals surface area contributed by atoms with Gasteiger partial charge in [-0.2, -0.15) is 0 Å². The number of carbonyl (C=O) groups excluding carboxylic acids is 1. The van der Waals surface area contributed by atoms with Crippen molar-refractivity contribution in [2.45, 2.75) is 19.9 Å². The minimum Gasteiger partial charge on any atom is -0.296 e. The Hall–Kier alpha value is -2.11. The Bertz CT molecular complexity index is 593. The number of aromatic nitrogens is 3. The second-order valence-corrected chi connectivity index (χ2v) is 4.11. The number of hydrogen-bond donors (Lipinski definition) is 0. The van der Waals surface area contributed by atoms with Gasteiger partial charge in [0.15, 0.2) is 23.6 Å². The van der Waals surface area contributed by atoms with E-state index in [1.165, 1.54) is 10.7 Å². The molecule has 4 nitrogen and oxygen atoms in total. The fourth-order valence-corrected chi connectivity index (χ4v) is 1.67. The van der Waals surface area contributed by atoms with E-state index in [2.05, 4.69) is 10.3 Å². The second kappa shape index (κ2) is 4.64. The molecular weight excluding hydrogens is 240 g/mol. The summed E-state index contributed by atoms with van der Waals surface area (Å²) in [7, 11) is 0. The van der Waals surface area contributed by atoms with Crippen LogP contribution in [0.1, 0.15) is 30.4 Å². The first-order valence-electron chi connectivity index (χ1n) is 5.40. The van der Waals surface area contributed by atoms with Crippen molar-refractivity contribution in [3.63, 3.8) is 0 Å². The SMILES string of the molecule is CC(C)n1nnc(C=O)c1-c1ccc(F)c(F)c1. The quantitative estimate of drug-likeness (QED) is 0.788. The molecule has 0 N–H and O–H groups in total. The Balaban J connectivity index is 2.64. The average molecular weight is 251 g/mol. The maximum atomic E-state index is 13.2. The molecule has 1 heterocycles. The lowest BCUT2D eigenvalue weighted by molar-refractivity contribution is 0.111. The highest BCUT2D eigenvalue weighted by atomic mass is 19.2. The van der Waals surface area contributed by atoms with E-state index < -0.39 is 11.6 Å². The number of carbonyl (C=O) groups is 1. The zero-order valence-corrected chi connectivity index (χ0v) is 9.89. The van der Waals surface area contributed by atoms with Gasteiger partial charge in [-0.1, -0.05) is 5.21 Å². The van der Waals surface area contributed by atoms with Crippen LogP contribution in [0.15, 0.2) is 18.2 Å². The number of halogens is 2. The Morgan fingerprint density at radius 1 is 1.28 bits per heavy atom. The molecule has 2 aromatic rings. The summed E-state index contributed by atoms with van der Waals surface area (Å²) in [5.74, 6) is -1.91. The topological polar surface area (TPSA) is 47.8 Å². The fraction of sp³-hybridized carbons (Fsp3) is 0.250. The van der Waals surface area contributed by atoms with E-state index in [0.717, 1.165) is 12.1 Å². The van der Waals surface area contributed by atoms with E-state index in [-0.39, 0.29) is 11.7 Å². The third-order valence-electron chi connectivity index (χ3n) is 2.51. The van der Waals surface area contributed by atoms with Gasteiger partial charge in [-0.25, -0.2) is 13.5 Å². The second-order valence-electron chi connectivity index (χ2n) is 4.11. The van der Waals surface area contributed by atoms with Crippen molar-refractivity contribution in [2.75, 3.05) is 0 Å². The zero-order chi connectivity index (χ0) is 13.3. The fourth-order valence-electron chi connectivity index (χ4n) is 1.67. The molecule has 0 aliphatic carbocycles. The molecular formula is C12H11F2N3O. The molecule has 0 aliphatic heterocycles. The summed E-state index contributed by atoms with van der Waals surface area (Å²) >= 11 is 0. The molecule has 0 unspecified atom stereocenters. The van der Waals surface area contributed by atoms with Crippen molar-refractivity contribution in [1.29, 1.82) is 0 Å². The van der Waals surface area contributed by atoms with Gasteiger partial charge in [-0.3, -0.25) is 4.79 Å². The molecule has 1 aromatic heterocycles. The van der Waals surface area contributed by atoms with Crippen LogP contribution in [0.4, 0.5) is 8.78 Å². The summed E-state index contributed by atoms with van der Waals surface area (Å²) in [6.45, 7) is 3.71. The maximum Gasteiger partial charge on any atom is 0.172 e. The number of rotatable bonds is 3. The lowest BCUT2D eigenvalue weighted by Crippen LogP contribution is -2.05. The highest BCUT2D eigenvalue weighted by molar-refractivity contribution is 5.83. The molecule has 0 atom stereocenters. The summed E-state index contributed by atoms with van der Waals surface area (Å²) < 4.78 is 27.6. The molecule has 0 saturated carbocycles. The third kappa shape index (κ3) is 2.01. The van der Waals surface area contributed by atoms with Gasteiger partial charge in [0.25, 0.3) is 0 Å². The van der Waals surface area contributed by atoms with Crippen molar-refractivity contribution < 1.29 is 13.6 Å². The van der Waals surface area contributed by atoms with Gasteiger partial charge in [0.1, 0.15) is 0 Å². The summed E-state index contributed by atoms with van der Waals surface area (Å²) in [5.41, 5.74) is 0.864. The Labute approximate surface area is 102 Å². The Morgan fingerprint density at radius 2 is 2.00 bits per heavy atom. The molecule has 18 heavy (non-hydrogen) atoms. The van der Waals surface area contributed by atoms with Crippen molar-refractivity contribution in [1.82, 2.24) is 15.0 Å². The molecule has 94 valence electrons. The Morgan fingerprint density at radius 3 is 2.56 bits per heavy atom. The molecule has 0 radical (unpaired) electrons.